The third-order valence-electron chi connectivity index (χ3n) is 2.39. The van der Waals surface area contributed by atoms with E-state index >= 15 is 0 Å². The van der Waals surface area contributed by atoms with Crippen LogP contribution < -0.4 is 5.32 Å². The van der Waals surface area contributed by atoms with Crippen LogP contribution in [-0.2, 0) is 0 Å². The average Bonchev–Trinajstić information content (AvgIpc) is 2.69. The number of halogens is 3. The van der Waals surface area contributed by atoms with Gasteiger partial charge in [0.1, 0.15) is 0 Å². The number of hydrogen-bond acceptors (Lipinski definition) is 3. The number of oxazole rings is 1. The van der Waals surface area contributed by atoms with Gasteiger partial charge in [-0.2, -0.15) is 0 Å². The number of hydrogen-bond donors (Lipinski definition) is 1. The molecule has 1 aromatic carbocycles. The first-order chi connectivity index (χ1) is 8.90. The van der Waals surface area contributed by atoms with Crippen LogP contribution in [0.3, 0.4) is 0 Å². The van der Waals surface area contributed by atoms with E-state index in [1.807, 2.05) is 0 Å². The average molecular weight is 270 g/mol. The number of amides is 1. The molecule has 1 amide bonds. The molecule has 0 saturated carbocycles. The van der Waals surface area contributed by atoms with Crippen LogP contribution >= 0.6 is 0 Å². The zero-order valence-electron chi connectivity index (χ0n) is 10.1. The van der Waals surface area contributed by atoms with Crippen LogP contribution in [0.15, 0.2) is 16.5 Å². The minimum Gasteiger partial charge on any atom is -0.436 e. The van der Waals surface area contributed by atoms with E-state index in [2.05, 4.69) is 10.3 Å². The second-order valence-corrected chi connectivity index (χ2v) is 3.82. The molecule has 0 bridgehead atoms. The first-order valence-electron chi connectivity index (χ1n) is 5.29. The highest BCUT2D eigenvalue weighted by molar-refractivity contribution is 6.03. The Kier molecular flexibility index (Phi) is 3.28. The van der Waals surface area contributed by atoms with Crippen molar-refractivity contribution in [1.82, 2.24) is 4.98 Å². The lowest BCUT2D eigenvalue weighted by atomic mass is 10.2. The maximum absolute atomic E-state index is 13.4. The van der Waals surface area contributed by atoms with Crippen LogP contribution in [0.4, 0.5) is 18.9 Å². The lowest BCUT2D eigenvalue weighted by Crippen LogP contribution is -2.14. The fourth-order valence-corrected chi connectivity index (χ4v) is 1.54. The maximum atomic E-state index is 13.4. The zero-order valence-corrected chi connectivity index (χ0v) is 10.1. The summed E-state index contributed by atoms with van der Waals surface area (Å²) in [6, 6.07) is 1.64. The van der Waals surface area contributed by atoms with E-state index in [4.69, 9.17) is 4.42 Å². The summed E-state index contributed by atoms with van der Waals surface area (Å²) in [5.74, 6) is -5.08. The van der Waals surface area contributed by atoms with Crippen LogP contribution in [0.25, 0.3) is 0 Å². The number of carbonyl (C=O) groups is 1. The number of anilines is 1. The number of aryl methyl sites for hydroxylation is 2. The van der Waals surface area contributed by atoms with Crippen molar-refractivity contribution >= 4 is 11.6 Å². The van der Waals surface area contributed by atoms with E-state index in [1.165, 1.54) is 6.92 Å². The Morgan fingerprint density at radius 2 is 1.89 bits per heavy atom. The second kappa shape index (κ2) is 4.75. The smallest absolute Gasteiger partial charge is 0.293 e. The van der Waals surface area contributed by atoms with Gasteiger partial charge >= 0.3 is 0 Å². The lowest BCUT2D eigenvalue weighted by Gasteiger charge is -2.05. The van der Waals surface area contributed by atoms with E-state index in [0.717, 1.165) is 6.07 Å². The number of benzene rings is 1. The van der Waals surface area contributed by atoms with Gasteiger partial charge in [0.05, 0.1) is 11.4 Å². The molecule has 0 atom stereocenters. The van der Waals surface area contributed by atoms with Crippen molar-refractivity contribution < 1.29 is 22.4 Å². The molecule has 4 nitrogen and oxygen atoms in total. The number of nitrogens with zero attached hydrogens (tertiary/aromatic N) is 1. The standard InChI is InChI=1S/C12H9F3N2O2/c1-5-11(19-6(2)16-5)12(18)17-8-4-3-7(13)9(14)10(8)15/h3-4H,1-2H3,(H,17,18). The Bertz CT molecular complexity index is 653. The van der Waals surface area contributed by atoms with Crippen molar-refractivity contribution in [1.29, 1.82) is 0 Å². The van der Waals surface area contributed by atoms with Gasteiger partial charge in [-0.3, -0.25) is 4.79 Å². The van der Waals surface area contributed by atoms with Gasteiger partial charge in [-0.15, -0.1) is 0 Å². The first kappa shape index (κ1) is 13.1. The highest BCUT2D eigenvalue weighted by atomic mass is 19.2. The Morgan fingerprint density at radius 3 is 2.47 bits per heavy atom. The summed E-state index contributed by atoms with van der Waals surface area (Å²) in [4.78, 5) is 15.6. The monoisotopic (exact) mass is 270 g/mol. The molecule has 1 N–H and O–H groups in total. The number of aromatic nitrogens is 1. The van der Waals surface area contributed by atoms with Gasteiger partial charge in [0, 0.05) is 6.92 Å². The third kappa shape index (κ3) is 2.44. The summed E-state index contributed by atoms with van der Waals surface area (Å²) in [6.45, 7) is 3.08. The highest BCUT2D eigenvalue weighted by Crippen LogP contribution is 2.21. The molecular weight excluding hydrogens is 261 g/mol. The fourth-order valence-electron chi connectivity index (χ4n) is 1.54. The maximum Gasteiger partial charge on any atom is 0.293 e. The fraction of sp³-hybridized carbons (Fsp3) is 0.167. The Hall–Kier alpha value is -2.31. The Balaban J connectivity index is 2.29. The second-order valence-electron chi connectivity index (χ2n) is 3.82. The van der Waals surface area contributed by atoms with Crippen LogP contribution in [0, 0.1) is 31.3 Å². The molecule has 0 unspecified atom stereocenters. The zero-order chi connectivity index (χ0) is 14.2. The Morgan fingerprint density at radius 1 is 1.21 bits per heavy atom. The summed E-state index contributed by atoms with van der Waals surface area (Å²) in [5, 5.41) is 2.09. The number of rotatable bonds is 2. The van der Waals surface area contributed by atoms with Gasteiger partial charge in [-0.05, 0) is 19.1 Å². The normalized spacial score (nSPS) is 10.6. The van der Waals surface area contributed by atoms with Gasteiger partial charge in [0.25, 0.3) is 5.91 Å². The van der Waals surface area contributed by atoms with E-state index in [-0.39, 0.29) is 11.7 Å². The number of nitrogens with one attached hydrogen (secondary N) is 1. The molecular formula is C12H9F3N2O2. The van der Waals surface area contributed by atoms with Crippen LogP contribution in [-0.4, -0.2) is 10.9 Å². The minimum atomic E-state index is -1.65. The van der Waals surface area contributed by atoms with Crippen molar-refractivity contribution in [2.75, 3.05) is 5.32 Å². The van der Waals surface area contributed by atoms with E-state index < -0.39 is 29.0 Å². The van der Waals surface area contributed by atoms with Crippen LogP contribution in [0.1, 0.15) is 22.1 Å². The molecule has 0 saturated heterocycles. The molecule has 7 heteroatoms. The molecule has 0 spiro atoms. The van der Waals surface area contributed by atoms with Crippen molar-refractivity contribution in [2.24, 2.45) is 0 Å². The number of carbonyl (C=O) groups excluding carboxylic acids is 1. The predicted octanol–water partition coefficient (Wildman–Crippen LogP) is 2.96. The van der Waals surface area contributed by atoms with Crippen LogP contribution in [0.5, 0.6) is 0 Å². The topological polar surface area (TPSA) is 55.1 Å². The molecule has 2 rings (SSSR count). The molecule has 1 aromatic heterocycles. The first-order valence-corrected chi connectivity index (χ1v) is 5.29. The molecule has 1 heterocycles. The third-order valence-corrected chi connectivity index (χ3v) is 2.39. The van der Waals surface area contributed by atoms with Crippen LogP contribution in [0.2, 0.25) is 0 Å². The minimum absolute atomic E-state index is 0.110. The van der Waals surface area contributed by atoms with Crippen molar-refractivity contribution in [2.45, 2.75) is 13.8 Å². The van der Waals surface area contributed by atoms with Crippen molar-refractivity contribution in [3.05, 3.63) is 46.9 Å². The molecule has 19 heavy (non-hydrogen) atoms. The summed E-state index contributed by atoms with van der Waals surface area (Å²) >= 11 is 0. The SMILES string of the molecule is Cc1nc(C)c(C(=O)Nc2ccc(F)c(F)c2F)o1. The Labute approximate surface area is 106 Å². The van der Waals surface area contributed by atoms with E-state index in [0.29, 0.717) is 11.8 Å². The summed E-state index contributed by atoms with van der Waals surface area (Å²) in [6.07, 6.45) is 0. The van der Waals surface area contributed by atoms with Gasteiger partial charge in [-0.1, -0.05) is 0 Å². The van der Waals surface area contributed by atoms with Crippen molar-refractivity contribution in [3.63, 3.8) is 0 Å². The molecule has 0 radical (unpaired) electrons. The summed E-state index contributed by atoms with van der Waals surface area (Å²) < 4.78 is 44.1. The molecule has 2 aromatic rings. The summed E-state index contributed by atoms with van der Waals surface area (Å²) in [5.41, 5.74) is -0.157. The lowest BCUT2D eigenvalue weighted by molar-refractivity contribution is 0.0994. The summed E-state index contributed by atoms with van der Waals surface area (Å²) in [7, 11) is 0. The van der Waals surface area contributed by atoms with Gasteiger partial charge in [0.15, 0.2) is 23.3 Å². The largest absolute Gasteiger partial charge is 0.436 e. The molecule has 0 aliphatic heterocycles. The van der Waals surface area contributed by atoms with Gasteiger partial charge < -0.3 is 9.73 Å². The molecule has 0 aliphatic rings. The molecule has 0 aliphatic carbocycles. The molecule has 100 valence electrons. The van der Waals surface area contributed by atoms with Gasteiger partial charge in [0.2, 0.25) is 5.76 Å². The molecule has 0 fully saturated rings. The highest BCUT2D eigenvalue weighted by Gasteiger charge is 2.20. The van der Waals surface area contributed by atoms with Gasteiger partial charge in [-0.25, -0.2) is 18.2 Å². The van der Waals surface area contributed by atoms with E-state index in [9.17, 15) is 18.0 Å². The van der Waals surface area contributed by atoms with E-state index in [1.54, 1.807) is 6.92 Å². The predicted molar refractivity (Wildman–Crippen MR) is 60.2 cm³/mol. The van der Waals surface area contributed by atoms with Crippen molar-refractivity contribution in [3.8, 4) is 0 Å². The quantitative estimate of drug-likeness (QED) is 0.853.